The number of nitrogens with one attached hydrogen (secondary N) is 2. The summed E-state index contributed by atoms with van der Waals surface area (Å²) >= 11 is 1.41. The maximum Gasteiger partial charge on any atom is 0.328 e. The molecule has 1 atom stereocenters. The van der Waals surface area contributed by atoms with Crippen molar-refractivity contribution in [1.82, 2.24) is 14.9 Å². The van der Waals surface area contributed by atoms with E-state index in [0.717, 1.165) is 4.90 Å². The van der Waals surface area contributed by atoms with Gasteiger partial charge in [-0.2, -0.15) is 0 Å². The van der Waals surface area contributed by atoms with Crippen LogP contribution in [0.3, 0.4) is 0 Å². The molecule has 1 aromatic rings. The highest BCUT2D eigenvalue weighted by Crippen LogP contribution is 2.30. The van der Waals surface area contributed by atoms with E-state index in [1.54, 1.807) is 12.1 Å². The molecule has 2 amide bonds. The van der Waals surface area contributed by atoms with Gasteiger partial charge in [0.2, 0.25) is 12.3 Å². The van der Waals surface area contributed by atoms with E-state index in [1.807, 2.05) is 4.31 Å². The Bertz CT molecular complexity index is 578. The summed E-state index contributed by atoms with van der Waals surface area (Å²) in [6.07, 6.45) is 0.381. The molecule has 124 valence electrons. The molecule has 0 aromatic heterocycles. The highest BCUT2D eigenvalue weighted by atomic mass is 32.2. The Kier molecular flexibility index (Phi) is 5.94. The zero-order valence-electron chi connectivity index (χ0n) is 12.1. The number of halogens is 1. The second kappa shape index (κ2) is 7.93. The minimum absolute atomic E-state index is 0.161. The third kappa shape index (κ3) is 4.93. The minimum atomic E-state index is -1.20. The fourth-order valence-electron chi connectivity index (χ4n) is 1.98. The van der Waals surface area contributed by atoms with E-state index in [0.29, 0.717) is 19.5 Å². The summed E-state index contributed by atoms with van der Waals surface area (Å²) in [6.45, 7) is 0.786. The largest absolute Gasteiger partial charge is 0.480 e. The molecule has 23 heavy (non-hydrogen) atoms. The highest BCUT2D eigenvalue weighted by Gasteiger charge is 2.35. The molecule has 0 bridgehead atoms. The molecule has 1 fully saturated rings. The number of carbonyl (C=O) groups excluding carboxylic acids is 2. The Morgan fingerprint density at radius 3 is 2.61 bits per heavy atom. The fourth-order valence-corrected chi connectivity index (χ4v) is 3.04. The molecule has 9 heteroatoms. The number of hydrogen-bond acceptors (Lipinski definition) is 5. The van der Waals surface area contributed by atoms with E-state index >= 15 is 0 Å². The Balaban J connectivity index is 1.76. The lowest BCUT2D eigenvalue weighted by molar-refractivity contribution is -0.143. The Morgan fingerprint density at radius 2 is 2.04 bits per heavy atom. The first-order valence-electron chi connectivity index (χ1n) is 6.88. The number of rotatable bonds is 8. The topological polar surface area (TPSA) is 98.7 Å². The van der Waals surface area contributed by atoms with Crippen molar-refractivity contribution in [2.75, 3.05) is 19.6 Å². The van der Waals surface area contributed by atoms with Crippen molar-refractivity contribution in [3.8, 4) is 0 Å². The van der Waals surface area contributed by atoms with Gasteiger partial charge in [-0.25, -0.2) is 13.5 Å². The van der Waals surface area contributed by atoms with Crippen LogP contribution in [0.1, 0.15) is 0 Å². The summed E-state index contributed by atoms with van der Waals surface area (Å²) in [7, 11) is 0. The molecule has 0 saturated carbocycles. The fraction of sp³-hybridized carbons (Fsp3) is 0.357. The summed E-state index contributed by atoms with van der Waals surface area (Å²) in [5.41, 5.74) is 0. The number of amides is 2. The third-order valence-electron chi connectivity index (χ3n) is 3.29. The van der Waals surface area contributed by atoms with E-state index in [2.05, 4.69) is 10.6 Å². The van der Waals surface area contributed by atoms with Gasteiger partial charge in [-0.05, 0) is 36.2 Å². The summed E-state index contributed by atoms with van der Waals surface area (Å²) in [5, 5.41) is 13.6. The zero-order valence-corrected chi connectivity index (χ0v) is 12.9. The van der Waals surface area contributed by atoms with Crippen LogP contribution in [0.5, 0.6) is 0 Å². The molecule has 0 radical (unpaired) electrons. The number of aliphatic carboxylic acids is 1. The summed E-state index contributed by atoms with van der Waals surface area (Å²) in [4.78, 5) is 34.0. The lowest BCUT2D eigenvalue weighted by Gasteiger charge is -2.37. The zero-order chi connectivity index (χ0) is 16.8. The van der Waals surface area contributed by atoms with Crippen LogP contribution in [0.25, 0.3) is 0 Å². The van der Waals surface area contributed by atoms with E-state index in [9.17, 15) is 18.8 Å². The first kappa shape index (κ1) is 17.2. The average molecular weight is 341 g/mol. The van der Waals surface area contributed by atoms with Gasteiger partial charge in [-0.1, -0.05) is 0 Å². The number of carbonyl (C=O) groups is 3. The Morgan fingerprint density at radius 1 is 1.39 bits per heavy atom. The van der Waals surface area contributed by atoms with E-state index in [-0.39, 0.29) is 24.2 Å². The summed E-state index contributed by atoms with van der Waals surface area (Å²) in [6, 6.07) is 4.89. The van der Waals surface area contributed by atoms with Crippen LogP contribution >= 0.6 is 11.9 Å². The maximum absolute atomic E-state index is 12.8. The van der Waals surface area contributed by atoms with Gasteiger partial charge in [-0.15, -0.1) is 0 Å². The van der Waals surface area contributed by atoms with Crippen LogP contribution in [0.2, 0.25) is 0 Å². The predicted octanol–water partition coefficient (Wildman–Crippen LogP) is 0.0800. The molecule has 3 N–H and O–H groups in total. The van der Waals surface area contributed by atoms with Crippen LogP contribution in [-0.4, -0.2) is 53.4 Å². The van der Waals surface area contributed by atoms with Crippen molar-refractivity contribution in [2.24, 2.45) is 5.92 Å². The van der Waals surface area contributed by atoms with Gasteiger partial charge in [0.05, 0.1) is 5.92 Å². The second-order valence-corrected chi connectivity index (χ2v) is 6.18. The van der Waals surface area contributed by atoms with Crippen molar-refractivity contribution in [2.45, 2.75) is 10.9 Å². The molecule has 1 heterocycles. The molecule has 2 rings (SSSR count). The van der Waals surface area contributed by atoms with Gasteiger partial charge in [-0.3, -0.25) is 9.59 Å². The summed E-state index contributed by atoms with van der Waals surface area (Å²) < 4.78 is 14.7. The first-order valence-corrected chi connectivity index (χ1v) is 7.65. The number of carboxylic acid groups (broad SMARTS) is 1. The van der Waals surface area contributed by atoms with Crippen LogP contribution < -0.4 is 10.6 Å². The minimum Gasteiger partial charge on any atom is -0.480 e. The Hall–Kier alpha value is -2.13. The lowest BCUT2D eigenvalue weighted by Crippen LogP contribution is -2.55. The van der Waals surface area contributed by atoms with E-state index in [4.69, 9.17) is 5.11 Å². The standard InChI is InChI=1S/C14H16FN3O4S/c15-10-1-3-11(4-2-10)23-18-6-9(7-18)13(20)17-12(14(21)22)5-16-8-19/h1-4,8-9,12H,5-7H2,(H,16,19)(H,17,20)(H,21,22). The summed E-state index contributed by atoms with van der Waals surface area (Å²) in [5.74, 6) is -2.18. The van der Waals surface area contributed by atoms with Gasteiger partial charge in [0.15, 0.2) is 0 Å². The molecule has 1 unspecified atom stereocenters. The quantitative estimate of drug-likeness (QED) is 0.458. The molecular formula is C14H16FN3O4S. The normalized spacial score (nSPS) is 16.2. The molecule has 1 aliphatic heterocycles. The van der Waals surface area contributed by atoms with Crippen molar-refractivity contribution >= 4 is 30.2 Å². The van der Waals surface area contributed by atoms with Crippen molar-refractivity contribution in [3.05, 3.63) is 30.1 Å². The van der Waals surface area contributed by atoms with E-state index < -0.39 is 12.0 Å². The van der Waals surface area contributed by atoms with Crippen LogP contribution in [0.4, 0.5) is 4.39 Å². The van der Waals surface area contributed by atoms with Crippen molar-refractivity contribution in [3.63, 3.8) is 0 Å². The van der Waals surface area contributed by atoms with Gasteiger partial charge < -0.3 is 15.7 Å². The van der Waals surface area contributed by atoms with Crippen molar-refractivity contribution in [1.29, 1.82) is 0 Å². The highest BCUT2D eigenvalue weighted by molar-refractivity contribution is 7.97. The number of carboxylic acids is 1. The van der Waals surface area contributed by atoms with Crippen LogP contribution in [0, 0.1) is 11.7 Å². The van der Waals surface area contributed by atoms with E-state index in [1.165, 1.54) is 24.1 Å². The van der Waals surface area contributed by atoms with Crippen LogP contribution in [0.15, 0.2) is 29.2 Å². The molecule has 1 aliphatic rings. The van der Waals surface area contributed by atoms with Gasteiger partial charge in [0, 0.05) is 24.5 Å². The number of nitrogens with zero attached hydrogens (tertiary/aromatic N) is 1. The van der Waals surface area contributed by atoms with Crippen LogP contribution in [-0.2, 0) is 14.4 Å². The number of hydrogen-bond donors (Lipinski definition) is 3. The Labute approximate surface area is 136 Å². The predicted molar refractivity (Wildman–Crippen MR) is 81.0 cm³/mol. The third-order valence-corrected chi connectivity index (χ3v) is 4.33. The SMILES string of the molecule is O=CNCC(NC(=O)C1CN(Sc2ccc(F)cc2)C1)C(=O)O. The molecule has 0 aliphatic carbocycles. The van der Waals surface area contributed by atoms with Gasteiger partial charge in [0.25, 0.3) is 0 Å². The molecular weight excluding hydrogens is 325 g/mol. The second-order valence-electron chi connectivity index (χ2n) is 5.01. The monoisotopic (exact) mass is 341 g/mol. The maximum atomic E-state index is 12.8. The van der Waals surface area contributed by atoms with Gasteiger partial charge in [0.1, 0.15) is 11.9 Å². The lowest BCUT2D eigenvalue weighted by atomic mass is 10.0. The van der Waals surface area contributed by atoms with Gasteiger partial charge >= 0.3 is 5.97 Å². The first-order chi connectivity index (χ1) is 11.0. The number of benzene rings is 1. The smallest absolute Gasteiger partial charge is 0.328 e. The molecule has 1 aromatic carbocycles. The van der Waals surface area contributed by atoms with Crippen molar-refractivity contribution < 1.29 is 23.9 Å². The molecule has 0 spiro atoms. The average Bonchev–Trinajstić information content (AvgIpc) is 2.48. The molecule has 1 saturated heterocycles. The molecule has 7 nitrogen and oxygen atoms in total.